The highest BCUT2D eigenvalue weighted by Crippen LogP contribution is 2.30. The third kappa shape index (κ3) is 4.14. The predicted molar refractivity (Wildman–Crippen MR) is 79.5 cm³/mol. The Morgan fingerprint density at radius 2 is 2.00 bits per heavy atom. The second-order valence-electron chi connectivity index (χ2n) is 5.49. The minimum absolute atomic E-state index is 0.149. The van der Waals surface area contributed by atoms with E-state index < -0.39 is 6.61 Å². The molecule has 3 nitrogen and oxygen atoms in total. The fourth-order valence-corrected chi connectivity index (χ4v) is 3.21. The van der Waals surface area contributed by atoms with Crippen molar-refractivity contribution in [2.75, 3.05) is 13.1 Å². The second kappa shape index (κ2) is 7.71. The Bertz CT molecular complexity index is 425. The Balaban J connectivity index is 2.12. The molecule has 21 heavy (non-hydrogen) atoms. The number of likely N-dealkylation sites (tertiary alicyclic amines) is 1. The summed E-state index contributed by atoms with van der Waals surface area (Å²) in [6, 6.07) is 7.58. The van der Waals surface area contributed by atoms with Crippen LogP contribution in [0.2, 0.25) is 0 Å². The summed E-state index contributed by atoms with van der Waals surface area (Å²) in [5.74, 6) is 0.190. The van der Waals surface area contributed by atoms with E-state index in [-0.39, 0.29) is 11.8 Å². The van der Waals surface area contributed by atoms with Gasteiger partial charge in [-0.15, -0.1) is 0 Å². The maximum absolute atomic E-state index is 12.2. The summed E-state index contributed by atoms with van der Waals surface area (Å²) in [7, 11) is 0. The van der Waals surface area contributed by atoms with Crippen molar-refractivity contribution in [3.05, 3.63) is 29.8 Å². The van der Waals surface area contributed by atoms with Gasteiger partial charge in [0.2, 0.25) is 0 Å². The molecule has 2 rings (SSSR count). The van der Waals surface area contributed by atoms with Gasteiger partial charge in [-0.2, -0.15) is 8.78 Å². The molecule has 2 atom stereocenters. The summed E-state index contributed by atoms with van der Waals surface area (Å²) in [5, 5.41) is 0. The van der Waals surface area contributed by atoms with Crippen molar-refractivity contribution in [2.45, 2.75) is 51.3 Å². The largest absolute Gasteiger partial charge is 0.435 e. The average molecular weight is 298 g/mol. The molecule has 1 aromatic carbocycles. The van der Waals surface area contributed by atoms with Crippen LogP contribution in [-0.2, 0) is 0 Å². The highest BCUT2D eigenvalue weighted by atomic mass is 19.3. The monoisotopic (exact) mass is 298 g/mol. The third-order valence-corrected chi connectivity index (χ3v) is 4.26. The minimum atomic E-state index is -2.78. The molecule has 0 aliphatic carbocycles. The van der Waals surface area contributed by atoms with Crippen LogP contribution < -0.4 is 10.5 Å². The number of piperidine rings is 1. The lowest BCUT2D eigenvalue weighted by Gasteiger charge is -2.41. The molecule has 1 aliphatic rings. The van der Waals surface area contributed by atoms with E-state index in [2.05, 4.69) is 16.6 Å². The Kier molecular flexibility index (Phi) is 5.94. The molecule has 1 saturated heterocycles. The molecule has 0 aromatic heterocycles. The van der Waals surface area contributed by atoms with E-state index in [1.54, 1.807) is 12.1 Å². The molecule has 0 bridgehead atoms. The normalized spacial score (nSPS) is 21.5. The molecule has 0 spiro atoms. The zero-order valence-corrected chi connectivity index (χ0v) is 12.5. The van der Waals surface area contributed by atoms with Crippen molar-refractivity contribution in [1.29, 1.82) is 0 Å². The predicted octanol–water partition coefficient (Wildman–Crippen LogP) is 3.55. The first kappa shape index (κ1) is 16.2. The Labute approximate surface area is 125 Å². The Hall–Kier alpha value is -1.20. The molecule has 0 radical (unpaired) electrons. The number of hydrogen-bond acceptors (Lipinski definition) is 3. The average Bonchev–Trinajstić information content (AvgIpc) is 2.49. The fourth-order valence-electron chi connectivity index (χ4n) is 3.21. The molecule has 0 amide bonds. The minimum Gasteiger partial charge on any atom is -0.435 e. The fraction of sp³-hybridized carbons (Fsp3) is 0.625. The van der Waals surface area contributed by atoms with Crippen molar-refractivity contribution in [3.8, 4) is 5.75 Å². The van der Waals surface area contributed by atoms with Gasteiger partial charge >= 0.3 is 6.61 Å². The number of benzene rings is 1. The molecule has 1 aromatic rings. The maximum Gasteiger partial charge on any atom is 0.387 e. The van der Waals surface area contributed by atoms with Crippen LogP contribution in [0.15, 0.2) is 24.3 Å². The molecule has 2 unspecified atom stereocenters. The highest BCUT2D eigenvalue weighted by Gasteiger charge is 2.27. The van der Waals surface area contributed by atoms with Gasteiger partial charge in [0.1, 0.15) is 5.75 Å². The zero-order chi connectivity index (χ0) is 15.2. The van der Waals surface area contributed by atoms with Crippen LogP contribution in [0.4, 0.5) is 8.78 Å². The van der Waals surface area contributed by atoms with Crippen molar-refractivity contribution in [2.24, 2.45) is 5.73 Å². The Morgan fingerprint density at radius 1 is 1.29 bits per heavy atom. The zero-order valence-electron chi connectivity index (χ0n) is 12.5. The van der Waals surface area contributed by atoms with Crippen molar-refractivity contribution in [1.82, 2.24) is 4.90 Å². The summed E-state index contributed by atoms with van der Waals surface area (Å²) < 4.78 is 28.8. The van der Waals surface area contributed by atoms with Gasteiger partial charge in [0.15, 0.2) is 0 Å². The Morgan fingerprint density at radius 3 is 2.57 bits per heavy atom. The van der Waals surface area contributed by atoms with Gasteiger partial charge in [0.05, 0.1) is 0 Å². The number of nitrogens with two attached hydrogens (primary N) is 1. The topological polar surface area (TPSA) is 38.5 Å². The molecular weight excluding hydrogens is 274 g/mol. The van der Waals surface area contributed by atoms with Crippen LogP contribution in [0, 0.1) is 0 Å². The van der Waals surface area contributed by atoms with Crippen LogP contribution in [0.3, 0.4) is 0 Å². The molecule has 0 saturated carbocycles. The number of hydrogen-bond donors (Lipinski definition) is 1. The smallest absolute Gasteiger partial charge is 0.387 e. The lowest BCUT2D eigenvalue weighted by Crippen LogP contribution is -2.44. The first-order valence-electron chi connectivity index (χ1n) is 7.66. The third-order valence-electron chi connectivity index (χ3n) is 4.26. The molecular formula is C16H24F2N2O. The molecule has 2 N–H and O–H groups in total. The standard InChI is InChI=1S/C16H24F2N2O/c1-2-13-5-3-4-10-20(13)15(11-19)12-6-8-14(9-7-12)21-16(17)18/h6-9,13,15-16H,2-5,10-11,19H2,1H3. The molecule has 5 heteroatoms. The van der Waals surface area contributed by atoms with Crippen LogP contribution in [0.25, 0.3) is 0 Å². The number of alkyl halides is 2. The highest BCUT2D eigenvalue weighted by molar-refractivity contribution is 5.29. The van der Waals surface area contributed by atoms with Gasteiger partial charge < -0.3 is 10.5 Å². The quantitative estimate of drug-likeness (QED) is 0.873. The van der Waals surface area contributed by atoms with E-state index in [9.17, 15) is 8.78 Å². The molecule has 118 valence electrons. The van der Waals surface area contributed by atoms with Crippen LogP contribution in [0.5, 0.6) is 5.75 Å². The molecule has 1 heterocycles. The van der Waals surface area contributed by atoms with Gasteiger partial charge in [0.25, 0.3) is 0 Å². The van der Waals surface area contributed by atoms with Gasteiger partial charge in [0, 0.05) is 18.6 Å². The van der Waals surface area contributed by atoms with E-state index in [0.717, 1.165) is 18.5 Å². The van der Waals surface area contributed by atoms with Gasteiger partial charge in [-0.05, 0) is 43.5 Å². The van der Waals surface area contributed by atoms with Gasteiger partial charge in [-0.1, -0.05) is 25.5 Å². The molecule has 1 aliphatic heterocycles. The SMILES string of the molecule is CCC1CCCCN1C(CN)c1ccc(OC(F)F)cc1. The van der Waals surface area contributed by atoms with Crippen molar-refractivity contribution in [3.63, 3.8) is 0 Å². The number of halogens is 2. The van der Waals surface area contributed by atoms with Gasteiger partial charge in [-0.3, -0.25) is 4.90 Å². The first-order valence-corrected chi connectivity index (χ1v) is 7.66. The van der Waals surface area contributed by atoms with E-state index >= 15 is 0 Å². The lowest BCUT2D eigenvalue weighted by atomic mass is 9.95. The number of ether oxygens (including phenoxy) is 1. The van der Waals surface area contributed by atoms with E-state index in [0.29, 0.717) is 12.6 Å². The van der Waals surface area contributed by atoms with Crippen LogP contribution in [-0.4, -0.2) is 30.6 Å². The van der Waals surface area contributed by atoms with E-state index in [4.69, 9.17) is 5.73 Å². The number of nitrogens with zero attached hydrogens (tertiary/aromatic N) is 1. The summed E-state index contributed by atoms with van der Waals surface area (Å²) in [6.07, 6.45) is 4.79. The van der Waals surface area contributed by atoms with Gasteiger partial charge in [-0.25, -0.2) is 0 Å². The summed E-state index contributed by atoms with van der Waals surface area (Å²) in [6.45, 7) is 1.00. The maximum atomic E-state index is 12.2. The van der Waals surface area contributed by atoms with E-state index in [1.165, 1.54) is 19.3 Å². The van der Waals surface area contributed by atoms with Crippen LogP contribution in [0.1, 0.15) is 44.2 Å². The first-order chi connectivity index (χ1) is 10.2. The van der Waals surface area contributed by atoms with Crippen molar-refractivity contribution < 1.29 is 13.5 Å². The summed E-state index contributed by atoms with van der Waals surface area (Å²) in [4.78, 5) is 2.46. The summed E-state index contributed by atoms with van der Waals surface area (Å²) in [5.41, 5.74) is 7.05. The van der Waals surface area contributed by atoms with Crippen LogP contribution >= 0.6 is 0 Å². The molecule has 1 fully saturated rings. The second-order valence-corrected chi connectivity index (χ2v) is 5.49. The lowest BCUT2D eigenvalue weighted by molar-refractivity contribution is -0.0498. The number of rotatable bonds is 6. The summed E-state index contributed by atoms with van der Waals surface area (Å²) >= 11 is 0. The van der Waals surface area contributed by atoms with E-state index in [1.807, 2.05) is 12.1 Å². The van der Waals surface area contributed by atoms with Crippen molar-refractivity contribution >= 4 is 0 Å².